The number of benzene rings is 1. The molecule has 0 amide bonds. The molecule has 142 valence electrons. The fourth-order valence-corrected chi connectivity index (χ4v) is 2.71. The van der Waals surface area contributed by atoms with E-state index in [0.29, 0.717) is 6.54 Å². The van der Waals surface area contributed by atoms with Gasteiger partial charge < -0.3 is 10.6 Å². The van der Waals surface area contributed by atoms with Gasteiger partial charge in [0, 0.05) is 27.2 Å². The fraction of sp³-hybridized carbons (Fsp3) is 0.533. The molecule has 0 fully saturated rings. The van der Waals surface area contributed by atoms with E-state index in [0.717, 1.165) is 9.87 Å². The van der Waals surface area contributed by atoms with Gasteiger partial charge in [-0.1, -0.05) is 12.1 Å². The second-order valence-electron chi connectivity index (χ2n) is 5.42. The molecule has 0 atom stereocenters. The fourth-order valence-electron chi connectivity index (χ4n) is 1.81. The number of rotatable bonds is 7. The highest BCUT2D eigenvalue weighted by Gasteiger charge is 2.26. The summed E-state index contributed by atoms with van der Waals surface area (Å²) >= 11 is 0. The molecule has 1 rings (SSSR count). The molecule has 0 aromatic heterocycles. The highest BCUT2D eigenvalue weighted by molar-refractivity contribution is 7.89. The maximum atomic E-state index is 12.2. The second-order valence-corrected chi connectivity index (χ2v) is 7.57. The van der Waals surface area contributed by atoms with E-state index >= 15 is 0 Å². The Labute approximate surface area is 146 Å². The van der Waals surface area contributed by atoms with Gasteiger partial charge >= 0.3 is 6.18 Å². The molecule has 1 aromatic carbocycles. The Bertz CT molecular complexity index is 671. The first kappa shape index (κ1) is 21.2. The van der Waals surface area contributed by atoms with Crippen LogP contribution in [0.1, 0.15) is 18.9 Å². The van der Waals surface area contributed by atoms with Crippen molar-refractivity contribution in [3.8, 4) is 0 Å². The van der Waals surface area contributed by atoms with Crippen molar-refractivity contribution < 1.29 is 21.6 Å². The van der Waals surface area contributed by atoms with Gasteiger partial charge in [-0.15, -0.1) is 0 Å². The molecule has 0 aliphatic rings. The summed E-state index contributed by atoms with van der Waals surface area (Å²) in [5, 5.41) is 5.47. The summed E-state index contributed by atoms with van der Waals surface area (Å²) in [6, 6.07) is 6.20. The third-order valence-electron chi connectivity index (χ3n) is 3.17. The summed E-state index contributed by atoms with van der Waals surface area (Å²) in [4.78, 5) is 4.36. The summed E-state index contributed by atoms with van der Waals surface area (Å²) in [7, 11) is -0.599. The molecule has 2 N–H and O–H groups in total. The molecular formula is C15H23F3N4O2S. The van der Waals surface area contributed by atoms with Crippen LogP contribution >= 0.6 is 0 Å². The number of guanidine groups is 1. The maximum absolute atomic E-state index is 12.2. The van der Waals surface area contributed by atoms with Gasteiger partial charge in [-0.05, 0) is 24.6 Å². The van der Waals surface area contributed by atoms with E-state index in [1.807, 2.05) is 6.92 Å². The average molecular weight is 380 g/mol. The van der Waals surface area contributed by atoms with Crippen molar-refractivity contribution in [2.45, 2.75) is 31.0 Å². The Morgan fingerprint density at radius 1 is 1.16 bits per heavy atom. The number of sulfonamides is 1. The van der Waals surface area contributed by atoms with Crippen LogP contribution in [0.2, 0.25) is 0 Å². The molecule has 0 heterocycles. The first-order chi connectivity index (χ1) is 11.6. The van der Waals surface area contributed by atoms with E-state index in [4.69, 9.17) is 0 Å². The van der Waals surface area contributed by atoms with E-state index in [1.54, 1.807) is 12.1 Å². The van der Waals surface area contributed by atoms with Crippen molar-refractivity contribution in [1.29, 1.82) is 0 Å². The zero-order chi connectivity index (χ0) is 19.1. The van der Waals surface area contributed by atoms with Crippen LogP contribution in [0.25, 0.3) is 0 Å². The SMILES string of the molecule is CCNC(=NCc1ccc(S(=O)(=O)N(C)C)cc1)NCCC(F)(F)F. The molecular weight excluding hydrogens is 357 g/mol. The normalized spacial score (nSPS) is 13.2. The monoisotopic (exact) mass is 380 g/mol. The Kier molecular flexibility index (Phi) is 7.68. The van der Waals surface area contributed by atoms with Gasteiger partial charge in [-0.3, -0.25) is 0 Å². The number of nitrogens with zero attached hydrogens (tertiary/aromatic N) is 2. The molecule has 0 aliphatic heterocycles. The summed E-state index contributed by atoms with van der Waals surface area (Å²) in [5.74, 6) is 0.275. The highest BCUT2D eigenvalue weighted by atomic mass is 32.2. The van der Waals surface area contributed by atoms with Crippen LogP contribution in [0.15, 0.2) is 34.2 Å². The maximum Gasteiger partial charge on any atom is 0.390 e. The van der Waals surface area contributed by atoms with Crippen molar-refractivity contribution in [3.05, 3.63) is 29.8 Å². The molecule has 1 aromatic rings. The molecule has 0 spiro atoms. The van der Waals surface area contributed by atoms with Gasteiger partial charge in [0.05, 0.1) is 17.9 Å². The minimum absolute atomic E-state index is 0.167. The lowest BCUT2D eigenvalue weighted by molar-refractivity contribution is -0.132. The third kappa shape index (κ3) is 7.30. The number of halogens is 3. The lowest BCUT2D eigenvalue weighted by Gasteiger charge is -2.13. The van der Waals surface area contributed by atoms with Crippen molar-refractivity contribution in [3.63, 3.8) is 0 Å². The third-order valence-corrected chi connectivity index (χ3v) is 5.00. The van der Waals surface area contributed by atoms with Crippen LogP contribution in [-0.2, 0) is 16.6 Å². The van der Waals surface area contributed by atoms with Crippen molar-refractivity contribution >= 4 is 16.0 Å². The van der Waals surface area contributed by atoms with E-state index in [-0.39, 0.29) is 23.9 Å². The number of nitrogens with one attached hydrogen (secondary N) is 2. The lowest BCUT2D eigenvalue weighted by Crippen LogP contribution is -2.38. The first-order valence-corrected chi connectivity index (χ1v) is 9.10. The topological polar surface area (TPSA) is 73.8 Å². The van der Waals surface area contributed by atoms with Crippen molar-refractivity contribution in [2.75, 3.05) is 27.2 Å². The van der Waals surface area contributed by atoms with Crippen LogP contribution in [0.4, 0.5) is 13.2 Å². The zero-order valence-electron chi connectivity index (χ0n) is 14.4. The number of hydrogen-bond acceptors (Lipinski definition) is 3. The van der Waals surface area contributed by atoms with Crippen LogP contribution in [0.5, 0.6) is 0 Å². The molecule has 0 aliphatic carbocycles. The van der Waals surface area contributed by atoms with E-state index in [2.05, 4.69) is 15.6 Å². The van der Waals surface area contributed by atoms with E-state index < -0.39 is 22.6 Å². The second kappa shape index (κ2) is 9.04. The van der Waals surface area contributed by atoms with Crippen LogP contribution in [0.3, 0.4) is 0 Å². The Morgan fingerprint density at radius 3 is 2.24 bits per heavy atom. The summed E-state index contributed by atoms with van der Waals surface area (Å²) in [5.41, 5.74) is 0.741. The first-order valence-electron chi connectivity index (χ1n) is 7.66. The molecule has 0 saturated heterocycles. The summed E-state index contributed by atoms with van der Waals surface area (Å²) < 4.78 is 61.6. The molecule has 25 heavy (non-hydrogen) atoms. The Morgan fingerprint density at radius 2 is 1.76 bits per heavy atom. The number of alkyl halides is 3. The standard InChI is InChI=1S/C15H23F3N4O2S/c1-4-19-14(20-10-9-15(16,17)18)21-11-12-5-7-13(8-6-12)25(23,24)22(2)3/h5-8H,4,9-11H2,1-3H3,(H2,19,20,21). The predicted octanol–water partition coefficient (Wildman–Crippen LogP) is 1.94. The quantitative estimate of drug-likeness (QED) is 0.560. The minimum Gasteiger partial charge on any atom is -0.357 e. The molecule has 0 unspecified atom stereocenters. The van der Waals surface area contributed by atoms with Crippen LogP contribution < -0.4 is 10.6 Å². The molecule has 0 saturated carbocycles. The smallest absolute Gasteiger partial charge is 0.357 e. The van der Waals surface area contributed by atoms with Crippen LogP contribution in [0, 0.1) is 0 Å². The summed E-state index contributed by atoms with van der Waals surface area (Å²) in [6.45, 7) is 2.26. The average Bonchev–Trinajstić information content (AvgIpc) is 2.51. The minimum atomic E-state index is -4.22. The predicted molar refractivity (Wildman–Crippen MR) is 90.8 cm³/mol. The van der Waals surface area contributed by atoms with E-state index in [9.17, 15) is 21.6 Å². The van der Waals surface area contributed by atoms with Gasteiger partial charge in [-0.2, -0.15) is 13.2 Å². The largest absolute Gasteiger partial charge is 0.390 e. The van der Waals surface area contributed by atoms with Gasteiger partial charge in [0.15, 0.2) is 5.96 Å². The molecule has 6 nitrogen and oxygen atoms in total. The van der Waals surface area contributed by atoms with Gasteiger partial charge in [0.25, 0.3) is 0 Å². The summed E-state index contributed by atoms with van der Waals surface area (Å²) in [6.07, 6.45) is -5.17. The highest BCUT2D eigenvalue weighted by Crippen LogP contribution is 2.18. The van der Waals surface area contributed by atoms with Gasteiger partial charge in [0.1, 0.15) is 0 Å². The number of aliphatic imine (C=N–C) groups is 1. The molecule has 10 heteroatoms. The Hall–Kier alpha value is -1.81. The van der Waals surface area contributed by atoms with Crippen molar-refractivity contribution in [2.24, 2.45) is 4.99 Å². The van der Waals surface area contributed by atoms with E-state index in [1.165, 1.54) is 26.2 Å². The van der Waals surface area contributed by atoms with Crippen LogP contribution in [-0.4, -0.2) is 52.0 Å². The number of hydrogen-bond donors (Lipinski definition) is 2. The Balaban J connectivity index is 2.73. The van der Waals surface area contributed by atoms with Gasteiger partial charge in [-0.25, -0.2) is 17.7 Å². The zero-order valence-corrected chi connectivity index (χ0v) is 15.2. The lowest BCUT2D eigenvalue weighted by atomic mass is 10.2. The van der Waals surface area contributed by atoms with Gasteiger partial charge in [0.2, 0.25) is 10.0 Å². The molecule has 0 radical (unpaired) electrons. The van der Waals surface area contributed by atoms with Crippen molar-refractivity contribution in [1.82, 2.24) is 14.9 Å². The molecule has 0 bridgehead atoms.